The van der Waals surface area contributed by atoms with Crippen molar-refractivity contribution in [2.45, 2.75) is 32.2 Å². The summed E-state index contributed by atoms with van der Waals surface area (Å²) >= 11 is 0. The number of halogens is 1. The first-order valence-electron chi connectivity index (χ1n) is 6.15. The van der Waals surface area contributed by atoms with Crippen LogP contribution in [0.2, 0.25) is 0 Å². The summed E-state index contributed by atoms with van der Waals surface area (Å²) in [6, 6.07) is 4.25. The second kappa shape index (κ2) is 6.02. The van der Waals surface area contributed by atoms with Crippen molar-refractivity contribution in [3.63, 3.8) is 0 Å². The first kappa shape index (κ1) is 15.4. The highest BCUT2D eigenvalue weighted by atomic mass is 19.1. The van der Waals surface area contributed by atoms with Crippen molar-refractivity contribution in [3.05, 3.63) is 29.6 Å². The topological polar surface area (TPSA) is 64.3 Å². The highest BCUT2D eigenvalue weighted by Crippen LogP contribution is 2.27. The van der Waals surface area contributed by atoms with Crippen molar-refractivity contribution in [3.8, 4) is 5.75 Å². The Morgan fingerprint density at radius 2 is 2.16 bits per heavy atom. The van der Waals surface area contributed by atoms with E-state index in [2.05, 4.69) is 5.32 Å². The third kappa shape index (κ3) is 3.92. The number of amides is 1. The molecule has 0 fully saturated rings. The van der Waals surface area contributed by atoms with E-state index in [4.69, 9.17) is 10.5 Å². The maximum absolute atomic E-state index is 13.7. The van der Waals surface area contributed by atoms with Gasteiger partial charge in [0.15, 0.2) is 11.6 Å². The van der Waals surface area contributed by atoms with Crippen LogP contribution in [0.25, 0.3) is 0 Å². The quantitative estimate of drug-likeness (QED) is 0.852. The third-order valence-corrected chi connectivity index (χ3v) is 3.05. The number of nitrogens with one attached hydrogen (secondary N) is 1. The maximum atomic E-state index is 13.7. The number of rotatable bonds is 5. The van der Waals surface area contributed by atoms with E-state index < -0.39 is 17.3 Å². The van der Waals surface area contributed by atoms with Gasteiger partial charge in [-0.05, 0) is 24.6 Å². The summed E-state index contributed by atoms with van der Waals surface area (Å²) in [6.07, 6.45) is 0. The molecule has 1 aromatic rings. The number of benzene rings is 1. The van der Waals surface area contributed by atoms with Crippen LogP contribution in [-0.4, -0.2) is 25.6 Å². The van der Waals surface area contributed by atoms with E-state index in [1.807, 2.05) is 13.8 Å². The molecule has 0 aliphatic carbocycles. The van der Waals surface area contributed by atoms with Crippen LogP contribution in [0.1, 0.15) is 26.3 Å². The molecule has 0 aliphatic heterocycles. The zero-order valence-corrected chi connectivity index (χ0v) is 11.8. The fourth-order valence-corrected chi connectivity index (χ4v) is 1.66. The van der Waals surface area contributed by atoms with Crippen LogP contribution in [0.15, 0.2) is 18.2 Å². The lowest BCUT2D eigenvalue weighted by Gasteiger charge is -2.26. The molecule has 0 aliphatic rings. The lowest BCUT2D eigenvalue weighted by atomic mass is 9.84. The number of nitrogens with two attached hydrogens (primary N) is 1. The van der Waals surface area contributed by atoms with Crippen LogP contribution in [0.4, 0.5) is 4.39 Å². The van der Waals surface area contributed by atoms with Crippen molar-refractivity contribution in [2.75, 3.05) is 13.7 Å². The summed E-state index contributed by atoms with van der Waals surface area (Å²) in [5.74, 6) is -0.423. The van der Waals surface area contributed by atoms with Crippen LogP contribution >= 0.6 is 0 Å². The van der Waals surface area contributed by atoms with E-state index >= 15 is 0 Å². The van der Waals surface area contributed by atoms with Gasteiger partial charge in [-0.1, -0.05) is 19.9 Å². The van der Waals surface area contributed by atoms with Gasteiger partial charge in [0, 0.05) is 12.0 Å². The van der Waals surface area contributed by atoms with Gasteiger partial charge in [-0.3, -0.25) is 4.79 Å². The number of ether oxygens (including phenoxy) is 1. The predicted octanol–water partition coefficient (Wildman–Crippen LogP) is 1.58. The number of carbonyl (C=O) groups excluding carboxylic acids is 1. The van der Waals surface area contributed by atoms with Gasteiger partial charge < -0.3 is 15.8 Å². The number of hydrogen-bond acceptors (Lipinski definition) is 3. The van der Waals surface area contributed by atoms with Gasteiger partial charge in [0.2, 0.25) is 5.91 Å². The van der Waals surface area contributed by atoms with E-state index in [1.165, 1.54) is 13.2 Å². The lowest BCUT2D eigenvalue weighted by Crippen LogP contribution is -2.43. The second-order valence-electron chi connectivity index (χ2n) is 5.24. The largest absolute Gasteiger partial charge is 0.494 e. The van der Waals surface area contributed by atoms with Gasteiger partial charge in [-0.2, -0.15) is 0 Å². The second-order valence-corrected chi connectivity index (χ2v) is 5.24. The van der Waals surface area contributed by atoms with Crippen LogP contribution in [0.5, 0.6) is 5.75 Å². The summed E-state index contributed by atoms with van der Waals surface area (Å²) in [7, 11) is 1.42. The van der Waals surface area contributed by atoms with Crippen LogP contribution in [0.3, 0.4) is 0 Å². The lowest BCUT2D eigenvalue weighted by molar-refractivity contribution is -0.122. The Labute approximate surface area is 113 Å². The SMILES string of the molecule is COc1ccc(C(C)(C)CNC(=O)C(C)N)cc1F. The molecular formula is C14H21FN2O2. The fraction of sp³-hybridized carbons (Fsp3) is 0.500. The van der Waals surface area contributed by atoms with Crippen molar-refractivity contribution < 1.29 is 13.9 Å². The van der Waals surface area contributed by atoms with Crippen molar-refractivity contribution in [1.29, 1.82) is 0 Å². The molecule has 0 spiro atoms. The average molecular weight is 268 g/mol. The molecular weight excluding hydrogens is 247 g/mol. The van der Waals surface area contributed by atoms with Crippen LogP contribution in [0, 0.1) is 5.82 Å². The molecule has 0 bridgehead atoms. The first-order valence-corrected chi connectivity index (χ1v) is 6.15. The van der Waals surface area contributed by atoms with Gasteiger partial charge in [0.25, 0.3) is 0 Å². The molecule has 1 amide bonds. The van der Waals surface area contributed by atoms with E-state index in [9.17, 15) is 9.18 Å². The zero-order valence-electron chi connectivity index (χ0n) is 11.8. The molecule has 5 heteroatoms. The first-order chi connectivity index (χ1) is 8.77. The Hall–Kier alpha value is -1.62. The molecule has 19 heavy (non-hydrogen) atoms. The summed E-state index contributed by atoms with van der Waals surface area (Å²) in [5, 5.41) is 2.75. The Bertz CT molecular complexity index is 459. The maximum Gasteiger partial charge on any atom is 0.236 e. The molecule has 1 unspecified atom stereocenters. The zero-order chi connectivity index (χ0) is 14.6. The molecule has 0 saturated heterocycles. The van der Waals surface area contributed by atoms with Crippen LogP contribution < -0.4 is 15.8 Å². The Morgan fingerprint density at radius 3 is 2.63 bits per heavy atom. The van der Waals surface area contributed by atoms with Crippen molar-refractivity contribution in [1.82, 2.24) is 5.32 Å². The van der Waals surface area contributed by atoms with Crippen molar-refractivity contribution in [2.24, 2.45) is 5.73 Å². The number of hydrogen-bond donors (Lipinski definition) is 2. The van der Waals surface area contributed by atoms with Gasteiger partial charge in [-0.25, -0.2) is 4.39 Å². The van der Waals surface area contributed by atoms with Gasteiger partial charge in [0.1, 0.15) is 0 Å². The molecule has 1 atom stereocenters. The highest BCUT2D eigenvalue weighted by Gasteiger charge is 2.23. The molecule has 0 radical (unpaired) electrons. The minimum atomic E-state index is -0.552. The highest BCUT2D eigenvalue weighted by molar-refractivity contribution is 5.81. The molecule has 0 saturated carbocycles. The summed E-state index contributed by atoms with van der Waals surface area (Å²) in [6.45, 7) is 5.86. The standard InChI is InChI=1S/C14H21FN2O2/c1-9(16)13(18)17-8-14(2,3)10-5-6-12(19-4)11(15)7-10/h5-7,9H,8,16H2,1-4H3,(H,17,18). The molecule has 106 valence electrons. The Balaban J connectivity index is 2.82. The Morgan fingerprint density at radius 1 is 1.53 bits per heavy atom. The average Bonchev–Trinajstić information content (AvgIpc) is 2.35. The van der Waals surface area contributed by atoms with E-state index in [0.29, 0.717) is 6.54 Å². The molecule has 1 rings (SSSR count). The summed E-state index contributed by atoms with van der Waals surface area (Å²) in [5.41, 5.74) is 5.87. The smallest absolute Gasteiger partial charge is 0.236 e. The molecule has 0 aromatic heterocycles. The fourth-order valence-electron chi connectivity index (χ4n) is 1.66. The van der Waals surface area contributed by atoms with Crippen LogP contribution in [-0.2, 0) is 10.2 Å². The van der Waals surface area contributed by atoms with Crippen molar-refractivity contribution >= 4 is 5.91 Å². The van der Waals surface area contributed by atoms with E-state index in [0.717, 1.165) is 5.56 Å². The molecule has 0 heterocycles. The normalized spacial score (nSPS) is 12.9. The predicted molar refractivity (Wildman–Crippen MR) is 72.6 cm³/mol. The number of methoxy groups -OCH3 is 1. The molecule has 4 nitrogen and oxygen atoms in total. The van der Waals surface area contributed by atoms with E-state index in [1.54, 1.807) is 19.1 Å². The van der Waals surface area contributed by atoms with Gasteiger partial charge >= 0.3 is 0 Å². The summed E-state index contributed by atoms with van der Waals surface area (Å²) in [4.78, 5) is 11.5. The Kier molecular flexibility index (Phi) is 4.89. The minimum absolute atomic E-state index is 0.208. The van der Waals surface area contributed by atoms with E-state index in [-0.39, 0.29) is 11.7 Å². The molecule has 3 N–H and O–H groups in total. The number of carbonyl (C=O) groups is 1. The monoisotopic (exact) mass is 268 g/mol. The van der Waals surface area contributed by atoms with Gasteiger partial charge in [0.05, 0.1) is 13.2 Å². The minimum Gasteiger partial charge on any atom is -0.494 e. The third-order valence-electron chi connectivity index (χ3n) is 3.05. The summed E-state index contributed by atoms with van der Waals surface area (Å²) < 4.78 is 18.6. The molecule has 1 aromatic carbocycles. The van der Waals surface area contributed by atoms with Gasteiger partial charge in [-0.15, -0.1) is 0 Å².